The number of carbonyl (C=O) groups excluding carboxylic acids is 2. The number of hydrogen-bond acceptors (Lipinski definition) is 7. The van der Waals surface area contributed by atoms with Crippen molar-refractivity contribution >= 4 is 17.5 Å². The quantitative estimate of drug-likeness (QED) is 0.791. The predicted octanol–water partition coefficient (Wildman–Crippen LogP) is 1.34. The molecule has 2 aromatic carbocycles. The lowest BCUT2D eigenvalue weighted by Crippen LogP contribution is -2.54. The van der Waals surface area contributed by atoms with Crippen molar-refractivity contribution in [3.63, 3.8) is 0 Å². The second-order valence-corrected chi connectivity index (χ2v) is 7.58. The van der Waals surface area contributed by atoms with Crippen molar-refractivity contribution in [1.82, 2.24) is 9.80 Å². The fourth-order valence-corrected chi connectivity index (χ4v) is 3.85. The van der Waals surface area contributed by atoms with E-state index in [4.69, 9.17) is 18.9 Å². The number of carbonyl (C=O) groups is 2. The fourth-order valence-electron chi connectivity index (χ4n) is 3.85. The highest BCUT2D eigenvalue weighted by Gasteiger charge is 2.33. The minimum Gasteiger partial charge on any atom is -0.485 e. The Morgan fingerprint density at radius 2 is 1.65 bits per heavy atom. The predicted molar refractivity (Wildman–Crippen MR) is 111 cm³/mol. The molecule has 0 saturated carbocycles. The maximum Gasteiger partial charge on any atom is 0.267 e. The molecule has 5 rings (SSSR count). The van der Waals surface area contributed by atoms with Crippen LogP contribution in [0.5, 0.6) is 23.0 Å². The molecule has 0 radical (unpaired) electrons. The summed E-state index contributed by atoms with van der Waals surface area (Å²) in [6.07, 6.45) is -0.643. The van der Waals surface area contributed by atoms with Crippen LogP contribution >= 0.6 is 0 Å². The molecule has 9 nitrogen and oxygen atoms in total. The lowest BCUT2D eigenvalue weighted by atomic mass is 10.2. The van der Waals surface area contributed by atoms with Crippen LogP contribution < -0.4 is 24.3 Å². The molecule has 3 aliphatic rings. The number of piperazine rings is 1. The molecular formula is C22H23N3O6. The molecule has 3 heterocycles. The second kappa shape index (κ2) is 8.35. The summed E-state index contributed by atoms with van der Waals surface area (Å²) in [5.41, 5.74) is 0.665. The first-order chi connectivity index (χ1) is 15.2. The van der Waals surface area contributed by atoms with Gasteiger partial charge in [-0.1, -0.05) is 12.1 Å². The number of fused-ring (bicyclic) bond motifs is 2. The monoisotopic (exact) mass is 425 g/mol. The van der Waals surface area contributed by atoms with E-state index in [1.54, 1.807) is 29.2 Å². The van der Waals surface area contributed by atoms with Crippen molar-refractivity contribution in [2.45, 2.75) is 6.10 Å². The zero-order valence-corrected chi connectivity index (χ0v) is 16.9. The van der Waals surface area contributed by atoms with E-state index in [0.29, 0.717) is 54.9 Å². The van der Waals surface area contributed by atoms with E-state index >= 15 is 0 Å². The molecule has 0 spiro atoms. The first-order valence-corrected chi connectivity index (χ1v) is 10.2. The van der Waals surface area contributed by atoms with Crippen LogP contribution in [0.25, 0.3) is 0 Å². The summed E-state index contributed by atoms with van der Waals surface area (Å²) < 4.78 is 22.1. The number of rotatable bonds is 4. The van der Waals surface area contributed by atoms with Crippen LogP contribution in [0.2, 0.25) is 0 Å². The minimum atomic E-state index is -0.643. The van der Waals surface area contributed by atoms with Crippen LogP contribution in [0.3, 0.4) is 0 Å². The van der Waals surface area contributed by atoms with Crippen LogP contribution in [0, 0.1) is 0 Å². The Hall–Kier alpha value is -3.46. The number of amides is 2. The highest BCUT2D eigenvalue weighted by molar-refractivity contribution is 5.92. The van der Waals surface area contributed by atoms with Crippen LogP contribution in [0.15, 0.2) is 42.5 Å². The van der Waals surface area contributed by atoms with Crippen molar-refractivity contribution < 1.29 is 28.5 Å². The summed E-state index contributed by atoms with van der Waals surface area (Å²) in [6.45, 7) is 2.96. The average molecular weight is 425 g/mol. The number of para-hydroxylation sites is 2. The molecule has 1 unspecified atom stereocenters. The summed E-state index contributed by atoms with van der Waals surface area (Å²) in [5, 5.41) is 2.88. The number of benzene rings is 2. The normalized spacial score (nSPS) is 19.7. The van der Waals surface area contributed by atoms with E-state index in [2.05, 4.69) is 5.32 Å². The molecule has 2 aromatic rings. The molecule has 9 heteroatoms. The lowest BCUT2D eigenvalue weighted by Gasteiger charge is -2.36. The van der Waals surface area contributed by atoms with Crippen molar-refractivity contribution in [3.05, 3.63) is 42.5 Å². The van der Waals surface area contributed by atoms with E-state index in [0.717, 1.165) is 0 Å². The van der Waals surface area contributed by atoms with Gasteiger partial charge in [0.2, 0.25) is 18.8 Å². The molecular weight excluding hydrogens is 402 g/mol. The van der Waals surface area contributed by atoms with E-state index in [1.165, 1.54) is 0 Å². The Labute approximate surface area is 179 Å². The summed E-state index contributed by atoms with van der Waals surface area (Å²) in [6, 6.07) is 12.6. The van der Waals surface area contributed by atoms with Gasteiger partial charge in [0.05, 0.1) is 6.54 Å². The van der Waals surface area contributed by atoms with Gasteiger partial charge in [0.1, 0.15) is 6.61 Å². The highest BCUT2D eigenvalue weighted by Crippen LogP contribution is 2.34. The van der Waals surface area contributed by atoms with Gasteiger partial charge in [0.25, 0.3) is 5.91 Å². The van der Waals surface area contributed by atoms with E-state index in [-0.39, 0.29) is 31.8 Å². The number of nitrogens with one attached hydrogen (secondary N) is 1. The van der Waals surface area contributed by atoms with Crippen LogP contribution in [-0.4, -0.2) is 73.8 Å². The van der Waals surface area contributed by atoms with Crippen LogP contribution in [-0.2, 0) is 9.59 Å². The summed E-state index contributed by atoms with van der Waals surface area (Å²) in [7, 11) is 0. The molecule has 3 aliphatic heterocycles. The van der Waals surface area contributed by atoms with Crippen molar-refractivity contribution in [2.24, 2.45) is 0 Å². The molecule has 1 N–H and O–H groups in total. The first-order valence-electron chi connectivity index (χ1n) is 10.2. The van der Waals surface area contributed by atoms with Crippen LogP contribution in [0.4, 0.5) is 5.69 Å². The van der Waals surface area contributed by atoms with Gasteiger partial charge in [-0.3, -0.25) is 14.5 Å². The third kappa shape index (κ3) is 4.22. The Morgan fingerprint density at radius 1 is 0.903 bits per heavy atom. The Bertz CT molecular complexity index is 989. The van der Waals surface area contributed by atoms with Gasteiger partial charge in [-0.25, -0.2) is 0 Å². The SMILES string of the molecule is O=C(CN1CCN(C(=O)C2COc3ccccc3O2)CC1)Nc1ccc2c(c1)OCO2. The minimum absolute atomic E-state index is 0.0843. The third-order valence-electron chi connectivity index (χ3n) is 5.49. The van der Waals surface area contributed by atoms with Crippen LogP contribution in [0.1, 0.15) is 0 Å². The van der Waals surface area contributed by atoms with Gasteiger partial charge in [-0.15, -0.1) is 0 Å². The van der Waals surface area contributed by atoms with Crippen molar-refractivity contribution in [2.75, 3.05) is 51.4 Å². The average Bonchev–Trinajstić information content (AvgIpc) is 3.26. The zero-order valence-electron chi connectivity index (χ0n) is 16.9. The second-order valence-electron chi connectivity index (χ2n) is 7.58. The van der Waals surface area contributed by atoms with Gasteiger partial charge in [-0.2, -0.15) is 0 Å². The molecule has 1 fully saturated rings. The largest absolute Gasteiger partial charge is 0.485 e. The fraction of sp³-hybridized carbons (Fsp3) is 0.364. The number of hydrogen-bond donors (Lipinski definition) is 1. The Kier molecular flexibility index (Phi) is 5.25. The number of anilines is 1. The molecule has 0 bridgehead atoms. The summed E-state index contributed by atoms with van der Waals surface area (Å²) in [4.78, 5) is 29.0. The molecule has 162 valence electrons. The van der Waals surface area contributed by atoms with E-state index < -0.39 is 6.10 Å². The molecule has 1 saturated heterocycles. The maximum absolute atomic E-state index is 12.8. The Morgan fingerprint density at radius 3 is 2.48 bits per heavy atom. The van der Waals surface area contributed by atoms with Gasteiger partial charge in [-0.05, 0) is 24.3 Å². The van der Waals surface area contributed by atoms with Gasteiger partial charge in [0.15, 0.2) is 23.0 Å². The first kappa shape index (κ1) is 19.5. The van der Waals surface area contributed by atoms with E-state index in [9.17, 15) is 9.59 Å². The van der Waals surface area contributed by atoms with Gasteiger partial charge >= 0.3 is 0 Å². The number of nitrogens with zero attached hydrogens (tertiary/aromatic N) is 2. The topological polar surface area (TPSA) is 89.6 Å². The van der Waals surface area contributed by atoms with Crippen molar-refractivity contribution in [1.29, 1.82) is 0 Å². The molecule has 1 atom stereocenters. The molecule has 31 heavy (non-hydrogen) atoms. The lowest BCUT2D eigenvalue weighted by molar-refractivity contribution is -0.143. The zero-order chi connectivity index (χ0) is 21.2. The molecule has 0 aromatic heterocycles. The van der Waals surface area contributed by atoms with E-state index in [1.807, 2.05) is 23.1 Å². The summed E-state index contributed by atoms with van der Waals surface area (Å²) in [5.74, 6) is 2.35. The number of ether oxygens (including phenoxy) is 4. The van der Waals surface area contributed by atoms with Crippen molar-refractivity contribution in [3.8, 4) is 23.0 Å². The maximum atomic E-state index is 12.8. The smallest absolute Gasteiger partial charge is 0.267 e. The van der Waals surface area contributed by atoms with Gasteiger partial charge < -0.3 is 29.2 Å². The molecule has 2 amide bonds. The third-order valence-corrected chi connectivity index (χ3v) is 5.49. The molecule has 0 aliphatic carbocycles. The Balaban J connectivity index is 1.10. The summed E-state index contributed by atoms with van der Waals surface area (Å²) >= 11 is 0. The van der Waals surface area contributed by atoms with Gasteiger partial charge in [0, 0.05) is 37.9 Å². The highest BCUT2D eigenvalue weighted by atomic mass is 16.7. The standard InChI is InChI=1S/C22H23N3O6/c26-21(23-15-5-6-17-19(11-15)30-14-29-17)12-24-7-9-25(10-8-24)22(27)20-13-28-16-3-1-2-4-18(16)31-20/h1-6,11,20H,7-10,12-14H2,(H,23,26).